The van der Waals surface area contributed by atoms with Crippen LogP contribution in [0.1, 0.15) is 29.6 Å². The third-order valence-electron chi connectivity index (χ3n) is 2.91. The number of rotatable bonds is 6. The van der Waals surface area contributed by atoms with E-state index in [0.29, 0.717) is 10.6 Å². The molecule has 0 aliphatic heterocycles. The van der Waals surface area contributed by atoms with Gasteiger partial charge in [-0.15, -0.1) is 0 Å². The number of hydrogen-bond acceptors (Lipinski definition) is 3. The van der Waals surface area contributed by atoms with E-state index in [-0.39, 0.29) is 23.3 Å². The van der Waals surface area contributed by atoms with E-state index in [0.717, 1.165) is 12.8 Å². The molecular formula is C13H13Cl2NO3. The van der Waals surface area contributed by atoms with Crippen molar-refractivity contribution in [3.63, 3.8) is 0 Å². The van der Waals surface area contributed by atoms with Gasteiger partial charge in [-0.1, -0.05) is 23.2 Å². The first-order valence-corrected chi connectivity index (χ1v) is 6.70. The van der Waals surface area contributed by atoms with Gasteiger partial charge in [-0.2, -0.15) is 0 Å². The van der Waals surface area contributed by atoms with Crippen molar-refractivity contribution in [3.8, 4) is 0 Å². The number of carboxylic acids is 1. The molecule has 1 fully saturated rings. The Morgan fingerprint density at radius 3 is 2.53 bits per heavy atom. The molecule has 1 aromatic rings. The minimum atomic E-state index is -1.01. The summed E-state index contributed by atoms with van der Waals surface area (Å²) in [6.07, 6.45) is 1.71. The lowest BCUT2D eigenvalue weighted by Crippen LogP contribution is -2.40. The van der Waals surface area contributed by atoms with Gasteiger partial charge in [0.2, 0.25) is 0 Å². The highest BCUT2D eigenvalue weighted by molar-refractivity contribution is 6.42. The largest absolute Gasteiger partial charge is 0.481 e. The number of benzene rings is 1. The van der Waals surface area contributed by atoms with Crippen molar-refractivity contribution in [3.05, 3.63) is 33.8 Å². The van der Waals surface area contributed by atoms with E-state index in [4.69, 9.17) is 28.3 Å². The first-order valence-electron chi connectivity index (χ1n) is 5.94. The molecule has 0 heterocycles. The molecule has 1 aliphatic rings. The number of aliphatic carboxylic acids is 1. The predicted octanol–water partition coefficient (Wildman–Crippen LogP) is 2.77. The molecule has 2 N–H and O–H groups in total. The van der Waals surface area contributed by atoms with Crippen LogP contribution in [-0.2, 0) is 4.79 Å². The number of hydrogen-bond donors (Lipinski definition) is 2. The molecule has 102 valence electrons. The van der Waals surface area contributed by atoms with Gasteiger partial charge in [0.1, 0.15) is 0 Å². The van der Waals surface area contributed by atoms with Crippen molar-refractivity contribution in [2.75, 3.05) is 0 Å². The average molecular weight is 302 g/mol. The number of ketones is 1. The van der Waals surface area contributed by atoms with Crippen molar-refractivity contribution in [1.82, 2.24) is 5.32 Å². The molecule has 1 atom stereocenters. The molecule has 1 aromatic carbocycles. The lowest BCUT2D eigenvalue weighted by Gasteiger charge is -2.15. The molecule has 4 nitrogen and oxygen atoms in total. The Morgan fingerprint density at radius 2 is 2.00 bits per heavy atom. The van der Waals surface area contributed by atoms with Crippen LogP contribution in [0, 0.1) is 0 Å². The van der Waals surface area contributed by atoms with Gasteiger partial charge in [-0.05, 0) is 31.0 Å². The minimum absolute atomic E-state index is 0.240. The summed E-state index contributed by atoms with van der Waals surface area (Å²) in [5.41, 5.74) is 0.369. The Labute approximate surface area is 120 Å². The highest BCUT2D eigenvalue weighted by atomic mass is 35.5. The van der Waals surface area contributed by atoms with Gasteiger partial charge in [0.15, 0.2) is 5.78 Å². The Balaban J connectivity index is 2.16. The molecule has 6 heteroatoms. The Kier molecular flexibility index (Phi) is 4.45. The van der Waals surface area contributed by atoms with Crippen LogP contribution >= 0.6 is 23.2 Å². The summed E-state index contributed by atoms with van der Waals surface area (Å²) in [5, 5.41) is 12.6. The third kappa shape index (κ3) is 3.93. The van der Waals surface area contributed by atoms with Gasteiger partial charge in [0, 0.05) is 11.6 Å². The molecule has 0 spiro atoms. The molecule has 0 bridgehead atoms. The number of Topliss-reactive ketones (excluding diaryl/α,β-unsaturated/α-hetero) is 1. The van der Waals surface area contributed by atoms with Crippen LogP contribution in [0.25, 0.3) is 0 Å². The van der Waals surface area contributed by atoms with Gasteiger partial charge in [0.25, 0.3) is 0 Å². The monoisotopic (exact) mass is 301 g/mol. The smallest absolute Gasteiger partial charge is 0.305 e. The number of halogens is 2. The average Bonchev–Trinajstić information content (AvgIpc) is 3.14. The topological polar surface area (TPSA) is 66.4 Å². The SMILES string of the molecule is O=C(O)CC(NC1CC1)C(=O)c1ccc(Cl)c(Cl)c1. The van der Waals surface area contributed by atoms with Crippen LogP contribution in [0.3, 0.4) is 0 Å². The molecule has 0 amide bonds. The summed E-state index contributed by atoms with van der Waals surface area (Å²) in [7, 11) is 0. The second-order valence-electron chi connectivity index (χ2n) is 4.58. The van der Waals surface area contributed by atoms with E-state index in [1.54, 1.807) is 6.07 Å². The molecule has 0 saturated heterocycles. The normalized spacial score (nSPS) is 16.1. The van der Waals surface area contributed by atoms with Crippen molar-refractivity contribution in [2.24, 2.45) is 0 Å². The molecular weight excluding hydrogens is 289 g/mol. The molecule has 19 heavy (non-hydrogen) atoms. The highest BCUT2D eigenvalue weighted by Crippen LogP contribution is 2.25. The fourth-order valence-corrected chi connectivity index (χ4v) is 2.09. The second kappa shape index (κ2) is 5.90. The van der Waals surface area contributed by atoms with Gasteiger partial charge in [0.05, 0.1) is 22.5 Å². The van der Waals surface area contributed by atoms with E-state index in [9.17, 15) is 9.59 Å². The van der Waals surface area contributed by atoms with E-state index in [2.05, 4.69) is 5.32 Å². The van der Waals surface area contributed by atoms with E-state index in [1.807, 2.05) is 0 Å². The third-order valence-corrected chi connectivity index (χ3v) is 3.65. The summed E-state index contributed by atoms with van der Waals surface area (Å²) >= 11 is 11.7. The molecule has 1 aliphatic carbocycles. The quantitative estimate of drug-likeness (QED) is 0.793. The van der Waals surface area contributed by atoms with Crippen molar-refractivity contribution < 1.29 is 14.7 Å². The lowest BCUT2D eigenvalue weighted by atomic mass is 10.0. The number of carbonyl (C=O) groups is 2. The zero-order valence-electron chi connectivity index (χ0n) is 10.0. The summed E-state index contributed by atoms with van der Waals surface area (Å²) in [6, 6.07) is 4.08. The van der Waals surface area contributed by atoms with E-state index >= 15 is 0 Å². The molecule has 0 radical (unpaired) electrons. The molecule has 2 rings (SSSR count). The maximum Gasteiger partial charge on any atom is 0.305 e. The minimum Gasteiger partial charge on any atom is -0.481 e. The maximum atomic E-state index is 12.3. The standard InChI is InChI=1S/C13H13Cl2NO3/c14-9-4-1-7(5-10(9)15)13(19)11(6-12(17)18)16-8-2-3-8/h1,4-5,8,11,16H,2-3,6H2,(H,17,18). The first kappa shape index (κ1) is 14.3. The van der Waals surface area contributed by atoms with Crippen molar-refractivity contribution >= 4 is 35.0 Å². The van der Waals surface area contributed by atoms with E-state index < -0.39 is 12.0 Å². The number of carbonyl (C=O) groups excluding carboxylic acids is 1. The number of carboxylic acid groups (broad SMARTS) is 1. The fraction of sp³-hybridized carbons (Fsp3) is 0.385. The van der Waals surface area contributed by atoms with Crippen molar-refractivity contribution in [2.45, 2.75) is 31.3 Å². The van der Waals surface area contributed by atoms with Crippen molar-refractivity contribution in [1.29, 1.82) is 0 Å². The zero-order chi connectivity index (χ0) is 14.0. The zero-order valence-corrected chi connectivity index (χ0v) is 11.5. The summed E-state index contributed by atoms with van der Waals surface area (Å²) < 4.78 is 0. The van der Waals surface area contributed by atoms with Crippen LogP contribution in [0.15, 0.2) is 18.2 Å². The molecule has 1 saturated carbocycles. The Morgan fingerprint density at radius 1 is 1.32 bits per heavy atom. The molecule has 1 unspecified atom stereocenters. The van der Waals surface area contributed by atoms with Crippen LogP contribution in [0.2, 0.25) is 10.0 Å². The van der Waals surface area contributed by atoms with Gasteiger partial charge < -0.3 is 10.4 Å². The second-order valence-corrected chi connectivity index (χ2v) is 5.40. The summed E-state index contributed by atoms with van der Waals surface area (Å²) in [4.78, 5) is 23.1. The van der Waals surface area contributed by atoms with Crippen LogP contribution in [0.4, 0.5) is 0 Å². The predicted molar refractivity (Wildman–Crippen MR) is 73.0 cm³/mol. The Bertz CT molecular complexity index is 515. The maximum absolute atomic E-state index is 12.3. The van der Waals surface area contributed by atoms with Crippen LogP contribution in [-0.4, -0.2) is 28.9 Å². The van der Waals surface area contributed by atoms with E-state index in [1.165, 1.54) is 12.1 Å². The highest BCUT2D eigenvalue weighted by Gasteiger charge is 2.30. The fourth-order valence-electron chi connectivity index (χ4n) is 1.79. The van der Waals surface area contributed by atoms with Gasteiger partial charge in [-0.3, -0.25) is 9.59 Å². The summed E-state index contributed by atoms with van der Waals surface area (Å²) in [5.74, 6) is -1.28. The molecule has 0 aromatic heterocycles. The lowest BCUT2D eigenvalue weighted by molar-refractivity contribution is -0.137. The van der Waals surface area contributed by atoms with Gasteiger partial charge in [-0.25, -0.2) is 0 Å². The van der Waals surface area contributed by atoms with Crippen LogP contribution < -0.4 is 5.32 Å². The summed E-state index contributed by atoms with van der Waals surface area (Å²) in [6.45, 7) is 0. The first-order chi connectivity index (χ1) is 8.97. The number of nitrogens with one attached hydrogen (secondary N) is 1. The van der Waals surface area contributed by atoms with Crippen LogP contribution in [0.5, 0.6) is 0 Å². The van der Waals surface area contributed by atoms with Gasteiger partial charge >= 0.3 is 5.97 Å². The Hall–Kier alpha value is -1.10.